The molecule has 0 aliphatic heterocycles. The second kappa shape index (κ2) is 20.9. The quantitative estimate of drug-likeness (QED) is 0.0501. The molecule has 8 aromatic rings. The Labute approximate surface area is 399 Å². The Morgan fingerprint density at radius 2 is 0.894 bits per heavy atom. The van der Waals surface area contributed by atoms with Crippen LogP contribution in [0.5, 0.6) is 23.0 Å². The smallest absolute Gasteiger partial charge is 0.626 e. The van der Waals surface area contributed by atoms with Gasteiger partial charge in [-0.25, -0.2) is 19.8 Å². The minimum Gasteiger partial charge on any atom is -0.626 e. The van der Waals surface area contributed by atoms with E-state index in [-0.39, 0.29) is 33.3 Å². The Bertz CT molecular complexity index is 3000. The van der Waals surface area contributed by atoms with Gasteiger partial charge in [0.25, 0.3) is 0 Å². The number of aromatic nitrogens is 4. The van der Waals surface area contributed by atoms with Crippen molar-refractivity contribution in [3.63, 3.8) is 0 Å². The first-order valence-electron chi connectivity index (χ1n) is 19.3. The van der Waals surface area contributed by atoms with Crippen molar-refractivity contribution in [3.05, 3.63) is 148 Å². The van der Waals surface area contributed by atoms with Gasteiger partial charge in [-0.05, 0) is 100 Å². The minimum atomic E-state index is -4.59. The van der Waals surface area contributed by atoms with Crippen molar-refractivity contribution < 1.29 is 47.2 Å². The average Bonchev–Trinajstić information content (AvgIpc) is 3.28. The average molecular weight is 959 g/mol. The van der Waals surface area contributed by atoms with Crippen LogP contribution in [-0.4, -0.2) is 83.5 Å². The molecule has 0 saturated heterocycles. The van der Waals surface area contributed by atoms with Gasteiger partial charge in [-0.3, -0.25) is 4.98 Å². The maximum Gasteiger partial charge on any atom is 0.743 e. The van der Waals surface area contributed by atoms with Crippen LogP contribution in [0.4, 0.5) is 32.0 Å². The third-order valence-corrected chi connectivity index (χ3v) is 12.7. The van der Waals surface area contributed by atoms with Crippen LogP contribution >= 0.6 is 0 Å². The molecule has 8 rings (SSSR count). The highest BCUT2D eigenvalue weighted by molar-refractivity contribution is 6.36. The number of pyridine rings is 4. The first-order chi connectivity index (χ1) is 31.5. The van der Waals surface area contributed by atoms with Gasteiger partial charge in [0.2, 0.25) is 0 Å². The van der Waals surface area contributed by atoms with E-state index >= 15 is 0 Å². The monoisotopic (exact) mass is 958 g/mol. The normalized spacial score (nSPS) is 11.3. The molecule has 4 radical (unpaired) electrons. The predicted octanol–water partition coefficient (Wildman–Crippen LogP) is 10.3. The van der Waals surface area contributed by atoms with Gasteiger partial charge in [-0.1, -0.05) is 24.3 Å². The molecule has 4 heterocycles. The largest absolute Gasteiger partial charge is 0.743 e. The molecule has 324 valence electrons. The van der Waals surface area contributed by atoms with E-state index in [1.54, 1.807) is 50.2 Å². The van der Waals surface area contributed by atoms with Crippen molar-refractivity contribution in [2.45, 2.75) is 40.0 Å². The summed E-state index contributed by atoms with van der Waals surface area (Å²) >= 11 is -4.33. The number of aryl methyl sites for hydroxylation is 4. The van der Waals surface area contributed by atoms with Crippen LogP contribution in [0.15, 0.2) is 97.1 Å². The van der Waals surface area contributed by atoms with Gasteiger partial charge in [0.15, 0.2) is 5.69 Å². The van der Waals surface area contributed by atoms with Crippen molar-refractivity contribution in [2.24, 2.45) is 0 Å². The topological polar surface area (TPSA) is 135 Å². The molecule has 0 fully saturated rings. The number of hydrogen-bond acceptors (Lipinski definition) is 11. The van der Waals surface area contributed by atoms with Crippen LogP contribution < -0.4 is 15.2 Å². The fourth-order valence-corrected chi connectivity index (χ4v) is 8.83. The summed E-state index contributed by atoms with van der Waals surface area (Å²) in [4.78, 5) is 21.1. The summed E-state index contributed by atoms with van der Waals surface area (Å²) < 4.78 is 113. The number of nitriles is 1. The summed E-state index contributed by atoms with van der Waals surface area (Å²) in [5.74, 6) is 0.960. The van der Waals surface area contributed by atoms with E-state index in [1.165, 1.54) is 12.1 Å². The van der Waals surface area contributed by atoms with Crippen LogP contribution in [0.25, 0.3) is 48.5 Å². The number of fused-ring (bicyclic) bond motifs is 4. The Hall–Kier alpha value is -5.67. The van der Waals surface area contributed by atoms with Crippen LogP contribution in [0.3, 0.4) is 0 Å². The number of rotatable bonds is 12. The fraction of sp³-hybridized carbons (Fsp3) is 0.136. The summed E-state index contributed by atoms with van der Waals surface area (Å²) in [6.07, 6.45) is -9.17. The van der Waals surface area contributed by atoms with Gasteiger partial charge in [0.1, 0.15) is 39.5 Å². The lowest BCUT2D eigenvalue weighted by molar-refractivity contribution is -0.138. The SMILES string of the molecule is Cc1ccc2cc(C(F)(F)F)cc([O][Al][O][Al][O]c3cc(C(F)(F)F)cc4ccc(C)nc34)c2n1.[C-]#[N+]c1ccc([O][Al][O][Al][O]c2ccc(C#N)c3ccc(C)nc23)c2nc(C)ccc12. The second-order valence-electron chi connectivity index (χ2n) is 14.2. The van der Waals surface area contributed by atoms with Crippen LogP contribution in [0, 0.1) is 45.6 Å². The summed E-state index contributed by atoms with van der Waals surface area (Å²) in [5, 5.41) is 11.3. The predicted molar refractivity (Wildman–Crippen MR) is 235 cm³/mol. The zero-order valence-corrected chi connectivity index (χ0v) is 39.6. The highest BCUT2D eigenvalue weighted by atomic mass is 27.3. The number of alkyl halides is 6. The van der Waals surface area contributed by atoms with Crippen molar-refractivity contribution in [3.8, 4) is 29.1 Å². The zero-order valence-electron chi connectivity index (χ0n) is 34.9. The van der Waals surface area contributed by atoms with Gasteiger partial charge < -0.3 is 20.8 Å². The molecule has 0 saturated carbocycles. The molecule has 0 amide bonds. The second-order valence-corrected chi connectivity index (χ2v) is 18.1. The van der Waals surface area contributed by atoms with Crippen molar-refractivity contribution >= 4 is 113 Å². The molecule has 0 aliphatic rings. The van der Waals surface area contributed by atoms with Crippen LogP contribution in [0.1, 0.15) is 39.5 Å². The molecular weight excluding hydrogens is 930 g/mol. The lowest BCUT2D eigenvalue weighted by atomic mass is 10.1. The summed E-state index contributed by atoms with van der Waals surface area (Å²) in [7, 11) is 0. The van der Waals surface area contributed by atoms with E-state index in [0.717, 1.165) is 46.4 Å². The maximum atomic E-state index is 13.3. The van der Waals surface area contributed by atoms with Crippen molar-refractivity contribution in [2.75, 3.05) is 0 Å². The Balaban J connectivity index is 0.000000198. The van der Waals surface area contributed by atoms with Crippen LogP contribution in [0.2, 0.25) is 0 Å². The molecular formula is C44H28Al4F6N6O6. The lowest BCUT2D eigenvalue weighted by Gasteiger charge is -2.15. The Morgan fingerprint density at radius 3 is 1.33 bits per heavy atom. The van der Waals surface area contributed by atoms with Gasteiger partial charge in [-0.2, -0.15) is 31.6 Å². The molecule has 4 aromatic heterocycles. The fourth-order valence-electron chi connectivity index (χ4n) is 6.42. The third-order valence-electron chi connectivity index (χ3n) is 9.51. The minimum absolute atomic E-state index is 0.102. The van der Waals surface area contributed by atoms with Gasteiger partial charge in [0.05, 0.1) is 34.8 Å². The van der Waals surface area contributed by atoms with Crippen molar-refractivity contribution in [1.29, 1.82) is 5.26 Å². The summed E-state index contributed by atoms with van der Waals surface area (Å²) in [6, 6.07) is 26.4. The summed E-state index contributed by atoms with van der Waals surface area (Å²) in [5.41, 5.74) is 3.95. The number of hydrogen-bond donors (Lipinski definition) is 0. The Kier molecular flexibility index (Phi) is 15.3. The van der Waals surface area contributed by atoms with E-state index in [0.29, 0.717) is 45.2 Å². The lowest BCUT2D eigenvalue weighted by Crippen LogP contribution is -2.17. The molecule has 22 heteroatoms. The molecule has 66 heavy (non-hydrogen) atoms. The maximum absolute atomic E-state index is 13.3. The van der Waals surface area contributed by atoms with E-state index in [2.05, 4.69) is 30.9 Å². The van der Waals surface area contributed by atoms with Crippen LogP contribution in [-0.2, 0) is 18.0 Å². The standard InChI is InChI=1S/2C11H8F3NO.2C11H8N2O.4Al.2O/c2*1-6-2-3-7-4-8(11(12,13)14)5-9(16)10(7)15-6;1-7-3-4-8-9(12-2)5-6-10(14)11(8)13-7;1-7-2-4-9-8(6-12)3-5-10(14)11(9)13-7;;;;;;/h2*2-5,16H,1H3;3-6,14H,1H3;2-5,14H,1H3;;;;;;/q;;;;4*+1;;/p-4. The molecule has 4 aromatic carbocycles. The number of benzene rings is 4. The molecule has 0 bridgehead atoms. The molecule has 12 nitrogen and oxygen atoms in total. The summed E-state index contributed by atoms with van der Waals surface area (Å²) in [6.45, 7) is 14.5. The Morgan fingerprint density at radius 1 is 0.500 bits per heavy atom. The van der Waals surface area contributed by atoms with Gasteiger partial charge in [0, 0.05) is 44.3 Å². The zero-order chi connectivity index (χ0) is 47.2. The molecule has 0 unspecified atom stereocenters. The highest BCUT2D eigenvalue weighted by Crippen LogP contribution is 2.38. The number of halogens is 6. The molecule has 0 spiro atoms. The van der Waals surface area contributed by atoms with E-state index in [1.807, 2.05) is 38.1 Å². The van der Waals surface area contributed by atoms with Gasteiger partial charge in [-0.15, -0.1) is 0 Å². The first-order valence-corrected chi connectivity index (χ1v) is 23.1. The third kappa shape index (κ3) is 11.6. The van der Waals surface area contributed by atoms with E-state index in [4.69, 9.17) is 27.4 Å². The van der Waals surface area contributed by atoms with E-state index in [9.17, 15) is 31.6 Å². The molecule has 0 N–H and O–H groups in total. The van der Waals surface area contributed by atoms with E-state index < -0.39 is 87.0 Å². The van der Waals surface area contributed by atoms with Crippen molar-refractivity contribution in [1.82, 2.24) is 19.9 Å². The highest BCUT2D eigenvalue weighted by Gasteiger charge is 2.33. The van der Waals surface area contributed by atoms with Gasteiger partial charge >= 0.3 is 75.9 Å². The number of nitrogens with zero attached hydrogens (tertiary/aromatic N) is 6. The first kappa shape index (κ1) is 48.3. The molecule has 0 atom stereocenters. The molecule has 0 aliphatic carbocycles.